The van der Waals surface area contributed by atoms with Crippen molar-refractivity contribution in [1.29, 1.82) is 0 Å². The molecule has 27 heavy (non-hydrogen) atoms. The number of thiophene rings is 1. The maximum absolute atomic E-state index is 12.7. The number of thioether (sulfide) groups is 1. The highest BCUT2D eigenvalue weighted by Crippen LogP contribution is 2.41. The lowest BCUT2D eigenvalue weighted by Gasteiger charge is -2.42. The van der Waals surface area contributed by atoms with Crippen LogP contribution < -0.4 is 11.2 Å². The zero-order valence-electron chi connectivity index (χ0n) is 14.5. The summed E-state index contributed by atoms with van der Waals surface area (Å²) in [7, 11) is 0. The van der Waals surface area contributed by atoms with Crippen LogP contribution in [-0.2, 0) is 4.74 Å². The molecule has 2 aliphatic heterocycles. The SMILES string of the molecule is CC(=O)c1sc2c(c1C)C(=O)N(N)C(S[C@@H]1O[C@H](CO)[C@H](O)[C@H](O)[C@H]1O)N2. The van der Waals surface area contributed by atoms with E-state index in [9.17, 15) is 30.0 Å². The zero-order chi connectivity index (χ0) is 20.0. The lowest BCUT2D eigenvalue weighted by atomic mass is 10.0. The summed E-state index contributed by atoms with van der Waals surface area (Å²) in [6.07, 6.45) is -5.52. The third-order valence-corrected chi connectivity index (χ3v) is 7.12. The standard InChI is InChI=1S/C15H21N3O7S2/c1-4-7-12(26-11(4)5(2)20)17-15(18(16)13(7)24)27-14-10(23)9(22)8(21)6(3-19)25-14/h6,8-10,14-15,17,19,21-23H,3,16H2,1-2H3/t6-,8+,9+,10-,14+,15?/m1/s1. The minimum atomic E-state index is -1.53. The Morgan fingerprint density at radius 3 is 2.59 bits per heavy atom. The Bertz CT molecular complexity index is 756. The number of nitrogens with two attached hydrogens (primary N) is 1. The molecule has 1 aromatic rings. The third kappa shape index (κ3) is 3.47. The van der Waals surface area contributed by atoms with Crippen LogP contribution in [0.3, 0.4) is 0 Å². The van der Waals surface area contributed by atoms with Gasteiger partial charge >= 0.3 is 0 Å². The van der Waals surface area contributed by atoms with Crippen molar-refractivity contribution in [2.75, 3.05) is 11.9 Å². The Balaban J connectivity index is 1.83. The summed E-state index contributed by atoms with van der Waals surface area (Å²) >= 11 is 2.05. The summed E-state index contributed by atoms with van der Waals surface area (Å²) in [6, 6.07) is 0. The van der Waals surface area contributed by atoms with Gasteiger partial charge in [0.05, 0.1) is 17.0 Å². The summed E-state index contributed by atoms with van der Waals surface area (Å²) in [4.78, 5) is 24.8. The van der Waals surface area contributed by atoms with Crippen LogP contribution in [-0.4, -0.2) is 79.1 Å². The molecule has 0 bridgehead atoms. The Morgan fingerprint density at radius 1 is 1.33 bits per heavy atom. The number of aliphatic hydroxyl groups is 4. The molecule has 6 atom stereocenters. The smallest absolute Gasteiger partial charge is 0.273 e. The molecule has 0 aliphatic carbocycles. The largest absolute Gasteiger partial charge is 0.394 e. The minimum Gasteiger partial charge on any atom is -0.394 e. The Kier molecular flexibility index (Phi) is 5.80. The fraction of sp³-hybridized carbons (Fsp3) is 0.600. The number of rotatable bonds is 4. The van der Waals surface area contributed by atoms with Crippen LogP contribution in [0.2, 0.25) is 0 Å². The highest BCUT2D eigenvalue weighted by atomic mass is 32.2. The van der Waals surface area contributed by atoms with E-state index >= 15 is 0 Å². The molecular weight excluding hydrogens is 398 g/mol. The molecule has 2 aliphatic rings. The summed E-state index contributed by atoms with van der Waals surface area (Å²) in [6.45, 7) is 2.53. The fourth-order valence-corrected chi connectivity index (χ4v) is 5.42. The molecule has 3 rings (SSSR count). The normalized spacial score (nSPS) is 33.6. The van der Waals surface area contributed by atoms with Crippen LogP contribution >= 0.6 is 23.1 Å². The maximum atomic E-state index is 12.7. The number of nitrogens with one attached hydrogen (secondary N) is 1. The van der Waals surface area contributed by atoms with Crippen molar-refractivity contribution >= 4 is 39.8 Å². The van der Waals surface area contributed by atoms with Crippen LogP contribution in [0.5, 0.6) is 0 Å². The number of nitrogens with zero attached hydrogens (tertiary/aromatic N) is 1. The number of ketones is 1. The van der Waals surface area contributed by atoms with E-state index in [-0.39, 0.29) is 5.78 Å². The number of anilines is 1. The van der Waals surface area contributed by atoms with Gasteiger partial charge in [-0.25, -0.2) is 10.9 Å². The van der Waals surface area contributed by atoms with Crippen molar-refractivity contribution in [2.24, 2.45) is 5.84 Å². The van der Waals surface area contributed by atoms with Gasteiger partial charge < -0.3 is 30.5 Å². The average molecular weight is 419 g/mol. The molecule has 7 N–H and O–H groups in total. The Labute approximate surface area is 162 Å². The minimum absolute atomic E-state index is 0.164. The number of amides is 1. The van der Waals surface area contributed by atoms with Crippen molar-refractivity contribution in [3.8, 4) is 0 Å². The molecule has 12 heteroatoms. The monoisotopic (exact) mass is 419 g/mol. The molecule has 0 aromatic carbocycles. The second-order valence-corrected chi connectivity index (χ2v) is 8.56. The van der Waals surface area contributed by atoms with Gasteiger partial charge in [-0.05, 0) is 19.4 Å². The number of carbonyl (C=O) groups excluding carboxylic acids is 2. The van der Waals surface area contributed by atoms with Crippen molar-refractivity contribution in [3.63, 3.8) is 0 Å². The van der Waals surface area contributed by atoms with Crippen molar-refractivity contribution in [1.82, 2.24) is 5.01 Å². The first-order chi connectivity index (χ1) is 12.7. The first kappa shape index (κ1) is 20.5. The van der Waals surface area contributed by atoms with Crippen LogP contribution in [0.15, 0.2) is 0 Å². The number of Topliss-reactive ketones (excluding diaryl/α,β-unsaturated/α-hetero) is 1. The zero-order valence-corrected chi connectivity index (χ0v) is 16.2. The van der Waals surface area contributed by atoms with Crippen molar-refractivity contribution in [3.05, 3.63) is 16.0 Å². The molecule has 150 valence electrons. The first-order valence-corrected chi connectivity index (χ1v) is 9.88. The summed E-state index contributed by atoms with van der Waals surface area (Å²) in [5.41, 5.74) is -1.05. The summed E-state index contributed by atoms with van der Waals surface area (Å²) in [5, 5.41) is 43.6. The lowest BCUT2D eigenvalue weighted by Crippen LogP contribution is -2.59. The molecule has 0 saturated carbocycles. The predicted molar refractivity (Wildman–Crippen MR) is 98.2 cm³/mol. The van der Waals surface area contributed by atoms with Crippen molar-refractivity contribution < 1.29 is 34.8 Å². The van der Waals surface area contributed by atoms with E-state index in [1.165, 1.54) is 6.92 Å². The average Bonchev–Trinajstić information content (AvgIpc) is 2.96. The third-order valence-electron chi connectivity index (χ3n) is 4.53. The van der Waals surface area contributed by atoms with E-state index in [0.717, 1.165) is 28.1 Å². The number of fused-ring (bicyclic) bond motifs is 1. The van der Waals surface area contributed by atoms with Crippen LogP contribution in [0.25, 0.3) is 0 Å². The van der Waals surface area contributed by atoms with Crippen LogP contribution in [0.1, 0.15) is 32.5 Å². The highest BCUT2D eigenvalue weighted by molar-refractivity contribution is 8.00. The van der Waals surface area contributed by atoms with Gasteiger partial charge in [0.25, 0.3) is 5.91 Å². The highest BCUT2D eigenvalue weighted by Gasteiger charge is 2.46. The van der Waals surface area contributed by atoms with Gasteiger partial charge in [0.15, 0.2) is 11.3 Å². The molecule has 0 radical (unpaired) electrons. The van der Waals surface area contributed by atoms with Gasteiger partial charge in [-0.15, -0.1) is 11.3 Å². The second kappa shape index (κ2) is 7.64. The lowest BCUT2D eigenvalue weighted by molar-refractivity contribution is -0.205. The summed E-state index contributed by atoms with van der Waals surface area (Å²) < 4.78 is 5.44. The topological polar surface area (TPSA) is 166 Å². The summed E-state index contributed by atoms with van der Waals surface area (Å²) in [5.74, 6) is 5.25. The molecule has 1 unspecified atom stereocenters. The molecule has 1 amide bonds. The number of hydrogen-bond acceptors (Lipinski definition) is 11. The van der Waals surface area contributed by atoms with Crippen LogP contribution in [0, 0.1) is 6.92 Å². The molecule has 0 spiro atoms. The van der Waals surface area contributed by atoms with E-state index in [1.807, 2.05) is 0 Å². The van der Waals surface area contributed by atoms with Gasteiger partial charge in [-0.2, -0.15) is 0 Å². The van der Waals surface area contributed by atoms with Gasteiger partial charge in [0.1, 0.15) is 34.9 Å². The molecule has 1 fully saturated rings. The van der Waals surface area contributed by atoms with E-state index < -0.39 is 47.9 Å². The van der Waals surface area contributed by atoms with Crippen LogP contribution in [0.4, 0.5) is 5.00 Å². The molecule has 1 saturated heterocycles. The number of ether oxygens (including phenoxy) is 1. The Morgan fingerprint density at radius 2 is 2.00 bits per heavy atom. The number of hydrogen-bond donors (Lipinski definition) is 6. The molecule has 1 aromatic heterocycles. The first-order valence-electron chi connectivity index (χ1n) is 8.12. The quantitative estimate of drug-likeness (QED) is 0.199. The second-order valence-electron chi connectivity index (χ2n) is 6.36. The van der Waals surface area contributed by atoms with Gasteiger partial charge in [-0.3, -0.25) is 9.59 Å². The van der Waals surface area contributed by atoms with Crippen molar-refractivity contribution in [2.45, 2.75) is 49.2 Å². The molecule has 10 nitrogen and oxygen atoms in total. The van der Waals surface area contributed by atoms with Gasteiger partial charge in [0.2, 0.25) is 0 Å². The van der Waals surface area contributed by atoms with E-state index in [1.54, 1.807) is 6.92 Å². The van der Waals surface area contributed by atoms with E-state index in [2.05, 4.69) is 5.32 Å². The number of carbonyl (C=O) groups is 2. The predicted octanol–water partition coefficient (Wildman–Crippen LogP) is -1.18. The fourth-order valence-electron chi connectivity index (χ4n) is 3.03. The molecule has 3 heterocycles. The Hall–Kier alpha value is -1.25. The number of hydrazine groups is 1. The van der Waals surface area contributed by atoms with E-state index in [4.69, 9.17) is 10.6 Å². The van der Waals surface area contributed by atoms with Gasteiger partial charge in [0, 0.05) is 0 Å². The van der Waals surface area contributed by atoms with E-state index in [0.29, 0.717) is 21.0 Å². The van der Waals surface area contributed by atoms with Gasteiger partial charge in [-0.1, -0.05) is 11.8 Å². The maximum Gasteiger partial charge on any atom is 0.273 e. The number of aliphatic hydroxyl groups excluding tert-OH is 4. The molecular formula is C15H21N3O7S2.